The number of carbonyl (C=O) groups is 2. The highest BCUT2D eigenvalue weighted by atomic mass is 19.4. The minimum absolute atomic E-state index is 0.0810. The fourth-order valence-corrected chi connectivity index (χ4v) is 3.29. The van der Waals surface area contributed by atoms with Crippen molar-refractivity contribution < 1.29 is 37.3 Å². The number of hydrogen-bond donors (Lipinski definition) is 2. The van der Waals surface area contributed by atoms with Crippen molar-refractivity contribution in [2.75, 3.05) is 7.11 Å². The molecule has 0 spiro atoms. The minimum Gasteiger partial charge on any atom is -0.496 e. The molecule has 3 aromatic carbocycles. The summed E-state index contributed by atoms with van der Waals surface area (Å²) in [5.74, 6) is -0.389. The lowest BCUT2D eigenvalue weighted by atomic mass is 9.99. The Balaban J connectivity index is 1.63. The maximum atomic E-state index is 12.6. The highest BCUT2D eigenvalue weighted by Gasteiger charge is 2.29. The van der Waals surface area contributed by atoms with Crippen LogP contribution in [-0.2, 0) is 35.3 Å². The smallest absolute Gasteiger partial charge is 0.416 e. The molecule has 9 heteroatoms. The number of amides is 1. The van der Waals surface area contributed by atoms with E-state index in [1.54, 1.807) is 24.3 Å². The first-order valence-corrected chi connectivity index (χ1v) is 10.2. The van der Waals surface area contributed by atoms with E-state index in [2.05, 4.69) is 5.32 Å². The number of alkyl halides is 3. The molecule has 0 heterocycles. The second kappa shape index (κ2) is 10.7. The monoisotopic (exact) mass is 473 g/mol. The van der Waals surface area contributed by atoms with Gasteiger partial charge in [-0.1, -0.05) is 42.5 Å². The zero-order valence-electron chi connectivity index (χ0n) is 18.2. The van der Waals surface area contributed by atoms with Gasteiger partial charge in [0, 0.05) is 12.1 Å². The number of carbonyl (C=O) groups excluding carboxylic acids is 1. The molecule has 0 aliphatic heterocycles. The first-order chi connectivity index (χ1) is 16.2. The SMILES string of the molecule is COc1ccc(-c2cccc(CC(=O)O)c2)cc1CNC(=O)OCc1ccc(C(F)(F)F)cc1. The molecule has 0 atom stereocenters. The van der Waals surface area contributed by atoms with Crippen molar-refractivity contribution in [3.05, 3.63) is 89.0 Å². The third-order valence-electron chi connectivity index (χ3n) is 4.97. The summed E-state index contributed by atoms with van der Waals surface area (Å²) in [6.45, 7) is -0.102. The van der Waals surface area contributed by atoms with Gasteiger partial charge in [0.05, 0.1) is 19.1 Å². The molecule has 178 valence electrons. The average molecular weight is 473 g/mol. The summed E-state index contributed by atoms with van der Waals surface area (Å²) in [7, 11) is 1.49. The highest BCUT2D eigenvalue weighted by Crippen LogP contribution is 2.29. The molecule has 0 radical (unpaired) electrons. The van der Waals surface area contributed by atoms with Gasteiger partial charge in [-0.15, -0.1) is 0 Å². The van der Waals surface area contributed by atoms with Gasteiger partial charge in [-0.05, 0) is 46.5 Å². The molecule has 0 fully saturated rings. The number of nitrogens with one attached hydrogen (secondary N) is 1. The summed E-state index contributed by atoms with van der Waals surface area (Å²) in [6.07, 6.45) is -5.26. The van der Waals surface area contributed by atoms with Crippen LogP contribution in [0.25, 0.3) is 11.1 Å². The zero-order valence-corrected chi connectivity index (χ0v) is 18.2. The molecule has 1 amide bonds. The van der Waals surface area contributed by atoms with Crippen LogP contribution in [0, 0.1) is 0 Å². The molecule has 0 aliphatic carbocycles. The molecule has 0 unspecified atom stereocenters. The van der Waals surface area contributed by atoms with Gasteiger partial charge in [-0.3, -0.25) is 4.79 Å². The Morgan fingerprint density at radius 3 is 2.29 bits per heavy atom. The topological polar surface area (TPSA) is 84.9 Å². The number of carboxylic acids is 1. The summed E-state index contributed by atoms with van der Waals surface area (Å²) in [5, 5.41) is 11.6. The average Bonchev–Trinajstić information content (AvgIpc) is 2.80. The summed E-state index contributed by atoms with van der Waals surface area (Å²) < 4.78 is 48.3. The van der Waals surface area contributed by atoms with Gasteiger partial charge < -0.3 is 19.9 Å². The maximum Gasteiger partial charge on any atom is 0.416 e. The van der Waals surface area contributed by atoms with Crippen molar-refractivity contribution in [3.8, 4) is 16.9 Å². The van der Waals surface area contributed by atoms with Gasteiger partial charge >= 0.3 is 18.2 Å². The van der Waals surface area contributed by atoms with Crippen LogP contribution in [-0.4, -0.2) is 24.3 Å². The molecule has 0 saturated heterocycles. The second-order valence-electron chi connectivity index (χ2n) is 7.42. The normalized spacial score (nSPS) is 11.1. The molecule has 3 rings (SSSR count). The van der Waals surface area contributed by atoms with Crippen LogP contribution in [0.4, 0.5) is 18.0 Å². The van der Waals surface area contributed by atoms with Crippen molar-refractivity contribution in [3.63, 3.8) is 0 Å². The molecule has 0 saturated carbocycles. The number of aliphatic carboxylic acids is 1. The number of ether oxygens (including phenoxy) is 2. The van der Waals surface area contributed by atoms with Crippen LogP contribution in [0.15, 0.2) is 66.7 Å². The lowest BCUT2D eigenvalue weighted by Crippen LogP contribution is -2.24. The Morgan fingerprint density at radius 1 is 0.941 bits per heavy atom. The van der Waals surface area contributed by atoms with Crippen molar-refractivity contribution in [2.24, 2.45) is 0 Å². The zero-order chi connectivity index (χ0) is 24.7. The van der Waals surface area contributed by atoms with Crippen molar-refractivity contribution in [1.29, 1.82) is 0 Å². The van der Waals surface area contributed by atoms with Crippen LogP contribution < -0.4 is 10.1 Å². The van der Waals surface area contributed by atoms with E-state index in [1.807, 2.05) is 18.2 Å². The third kappa shape index (κ3) is 6.74. The number of carboxylic acid groups (broad SMARTS) is 1. The standard InChI is InChI=1S/C25H22F3NO5/c1-33-22-10-7-19(18-4-2-3-17(11-18)12-23(30)31)13-20(22)14-29-24(32)34-15-16-5-8-21(9-6-16)25(26,27)28/h2-11,13H,12,14-15H2,1H3,(H,29,32)(H,30,31). The number of halogens is 3. The van der Waals surface area contributed by atoms with E-state index < -0.39 is 23.8 Å². The van der Waals surface area contributed by atoms with Crippen LogP contribution >= 0.6 is 0 Å². The number of alkyl carbamates (subject to hydrolysis) is 1. The van der Waals surface area contributed by atoms with E-state index in [-0.39, 0.29) is 19.6 Å². The fourth-order valence-electron chi connectivity index (χ4n) is 3.29. The van der Waals surface area contributed by atoms with Crippen LogP contribution in [0.5, 0.6) is 5.75 Å². The molecule has 2 N–H and O–H groups in total. The van der Waals surface area contributed by atoms with E-state index in [0.717, 1.165) is 23.3 Å². The van der Waals surface area contributed by atoms with Crippen LogP contribution in [0.1, 0.15) is 22.3 Å². The second-order valence-corrected chi connectivity index (χ2v) is 7.42. The maximum absolute atomic E-state index is 12.6. The van der Waals surface area contributed by atoms with E-state index in [9.17, 15) is 22.8 Å². The Morgan fingerprint density at radius 2 is 1.65 bits per heavy atom. The van der Waals surface area contributed by atoms with Gasteiger partial charge in [0.1, 0.15) is 12.4 Å². The molecule has 34 heavy (non-hydrogen) atoms. The number of rotatable bonds is 8. The Hall–Kier alpha value is -4.01. The van der Waals surface area contributed by atoms with Crippen LogP contribution in [0.2, 0.25) is 0 Å². The predicted molar refractivity (Wildman–Crippen MR) is 118 cm³/mol. The molecule has 6 nitrogen and oxygen atoms in total. The van der Waals surface area contributed by atoms with Gasteiger partial charge in [0.15, 0.2) is 0 Å². The molecule has 3 aromatic rings. The lowest BCUT2D eigenvalue weighted by Gasteiger charge is -2.13. The lowest BCUT2D eigenvalue weighted by molar-refractivity contribution is -0.138. The number of methoxy groups -OCH3 is 1. The quantitative estimate of drug-likeness (QED) is 0.456. The molecule has 0 aromatic heterocycles. The molecular weight excluding hydrogens is 451 g/mol. The Kier molecular flexibility index (Phi) is 7.78. The Bertz CT molecular complexity index is 1160. The summed E-state index contributed by atoms with van der Waals surface area (Å²) >= 11 is 0. The van der Waals surface area contributed by atoms with E-state index in [4.69, 9.17) is 14.6 Å². The van der Waals surface area contributed by atoms with Gasteiger partial charge in [0.2, 0.25) is 0 Å². The predicted octanol–water partition coefficient (Wildman–Crippen LogP) is 5.43. The van der Waals surface area contributed by atoms with E-state index in [0.29, 0.717) is 22.4 Å². The summed E-state index contributed by atoms with van der Waals surface area (Å²) in [5.41, 5.74) is 2.59. The fraction of sp³-hybridized carbons (Fsp3) is 0.200. The van der Waals surface area contributed by atoms with Crippen molar-refractivity contribution in [2.45, 2.75) is 25.7 Å². The molecular formula is C25H22F3NO5. The Labute approximate surface area is 193 Å². The third-order valence-corrected chi connectivity index (χ3v) is 4.97. The van der Waals surface area contributed by atoms with Crippen molar-refractivity contribution in [1.82, 2.24) is 5.32 Å². The first kappa shape index (κ1) is 24.6. The summed E-state index contributed by atoms with van der Waals surface area (Å²) in [6, 6.07) is 16.9. The van der Waals surface area contributed by atoms with Crippen LogP contribution in [0.3, 0.4) is 0 Å². The van der Waals surface area contributed by atoms with Gasteiger partial charge in [0.25, 0.3) is 0 Å². The molecule has 0 bridgehead atoms. The van der Waals surface area contributed by atoms with Crippen molar-refractivity contribution >= 4 is 12.1 Å². The summed E-state index contributed by atoms with van der Waals surface area (Å²) in [4.78, 5) is 23.1. The van der Waals surface area contributed by atoms with E-state index >= 15 is 0 Å². The first-order valence-electron chi connectivity index (χ1n) is 10.2. The van der Waals surface area contributed by atoms with Gasteiger partial charge in [-0.25, -0.2) is 4.79 Å². The highest BCUT2D eigenvalue weighted by molar-refractivity contribution is 5.73. The van der Waals surface area contributed by atoms with E-state index in [1.165, 1.54) is 19.2 Å². The largest absolute Gasteiger partial charge is 0.496 e. The number of hydrogen-bond acceptors (Lipinski definition) is 4. The molecule has 0 aliphatic rings. The minimum atomic E-state index is -4.43. The number of benzene rings is 3. The van der Waals surface area contributed by atoms with Gasteiger partial charge in [-0.2, -0.15) is 13.2 Å².